The molecule has 0 saturated carbocycles. The van der Waals surface area contributed by atoms with E-state index in [-0.39, 0.29) is 0 Å². The van der Waals surface area contributed by atoms with Gasteiger partial charge in [0.15, 0.2) is 0 Å². The van der Waals surface area contributed by atoms with E-state index in [1.54, 1.807) is 0 Å². The van der Waals surface area contributed by atoms with Crippen LogP contribution >= 0.6 is 0 Å². The first kappa shape index (κ1) is 9.28. The summed E-state index contributed by atoms with van der Waals surface area (Å²) in [6.07, 6.45) is 9.42. The fourth-order valence-electron chi connectivity index (χ4n) is 2.56. The Labute approximate surface area is 90.3 Å². The standard InChI is InChI=1S/C12H17N3/c1-2-5-10-9(4-1)8-14-12(15-10)11-6-3-7-13-11/h8,11,13H,1-7H2. The highest BCUT2D eigenvalue weighted by Gasteiger charge is 2.20. The third-order valence-corrected chi connectivity index (χ3v) is 3.45. The molecular weight excluding hydrogens is 186 g/mol. The third-order valence-electron chi connectivity index (χ3n) is 3.45. The lowest BCUT2D eigenvalue weighted by atomic mass is 9.97. The monoisotopic (exact) mass is 203 g/mol. The smallest absolute Gasteiger partial charge is 0.145 e. The van der Waals surface area contributed by atoms with Gasteiger partial charge in [-0.15, -0.1) is 0 Å². The van der Waals surface area contributed by atoms with Gasteiger partial charge >= 0.3 is 0 Å². The Bertz CT molecular complexity index is 356. The summed E-state index contributed by atoms with van der Waals surface area (Å²) in [6, 6.07) is 0.414. The molecule has 1 N–H and O–H groups in total. The Morgan fingerprint density at radius 3 is 3.00 bits per heavy atom. The third kappa shape index (κ3) is 1.76. The van der Waals surface area contributed by atoms with Crippen LogP contribution in [0.2, 0.25) is 0 Å². The lowest BCUT2D eigenvalue weighted by molar-refractivity contribution is 0.583. The minimum absolute atomic E-state index is 0.414. The van der Waals surface area contributed by atoms with Crippen LogP contribution in [0, 0.1) is 0 Å². The van der Waals surface area contributed by atoms with E-state index in [0.29, 0.717) is 6.04 Å². The molecule has 1 aromatic rings. The minimum Gasteiger partial charge on any atom is -0.307 e. The molecule has 1 aliphatic heterocycles. The molecule has 1 aromatic heterocycles. The largest absolute Gasteiger partial charge is 0.307 e. The second-order valence-electron chi connectivity index (χ2n) is 4.56. The molecule has 3 nitrogen and oxygen atoms in total. The number of aromatic nitrogens is 2. The number of nitrogens with one attached hydrogen (secondary N) is 1. The molecule has 2 aliphatic rings. The number of nitrogens with zero attached hydrogens (tertiary/aromatic N) is 2. The van der Waals surface area contributed by atoms with Gasteiger partial charge < -0.3 is 5.32 Å². The molecule has 1 atom stereocenters. The lowest BCUT2D eigenvalue weighted by Crippen LogP contribution is -2.18. The van der Waals surface area contributed by atoms with E-state index in [1.807, 2.05) is 0 Å². The van der Waals surface area contributed by atoms with E-state index in [2.05, 4.69) is 16.5 Å². The van der Waals surface area contributed by atoms with Crippen LogP contribution in [0.25, 0.3) is 0 Å². The number of hydrogen-bond acceptors (Lipinski definition) is 3. The van der Waals surface area contributed by atoms with Crippen LogP contribution in [0.4, 0.5) is 0 Å². The van der Waals surface area contributed by atoms with Crippen molar-refractivity contribution >= 4 is 0 Å². The van der Waals surface area contributed by atoms with Crippen LogP contribution in [-0.4, -0.2) is 16.5 Å². The van der Waals surface area contributed by atoms with E-state index < -0.39 is 0 Å². The Hall–Kier alpha value is -0.960. The van der Waals surface area contributed by atoms with Crippen molar-refractivity contribution in [1.82, 2.24) is 15.3 Å². The molecule has 1 saturated heterocycles. The fraction of sp³-hybridized carbons (Fsp3) is 0.667. The highest BCUT2D eigenvalue weighted by atomic mass is 15.0. The maximum absolute atomic E-state index is 4.72. The molecule has 0 aromatic carbocycles. The summed E-state index contributed by atoms with van der Waals surface area (Å²) in [5.74, 6) is 1.02. The Morgan fingerprint density at radius 2 is 2.13 bits per heavy atom. The average Bonchev–Trinajstić information content (AvgIpc) is 2.82. The topological polar surface area (TPSA) is 37.8 Å². The van der Waals surface area contributed by atoms with Gasteiger partial charge in [-0.2, -0.15) is 0 Å². The molecule has 0 bridgehead atoms. The zero-order chi connectivity index (χ0) is 10.1. The molecule has 3 heteroatoms. The van der Waals surface area contributed by atoms with Crippen molar-refractivity contribution in [1.29, 1.82) is 0 Å². The van der Waals surface area contributed by atoms with Gasteiger partial charge in [-0.1, -0.05) is 0 Å². The van der Waals surface area contributed by atoms with E-state index in [9.17, 15) is 0 Å². The zero-order valence-electron chi connectivity index (χ0n) is 9.00. The highest BCUT2D eigenvalue weighted by Crippen LogP contribution is 2.23. The van der Waals surface area contributed by atoms with Crippen LogP contribution in [-0.2, 0) is 12.8 Å². The number of aryl methyl sites for hydroxylation is 2. The minimum atomic E-state index is 0.414. The molecule has 1 fully saturated rings. The van der Waals surface area contributed by atoms with E-state index >= 15 is 0 Å². The van der Waals surface area contributed by atoms with Crippen LogP contribution in [0.15, 0.2) is 6.20 Å². The summed E-state index contributed by atoms with van der Waals surface area (Å²) in [5.41, 5.74) is 2.68. The number of hydrogen-bond donors (Lipinski definition) is 1. The predicted molar refractivity (Wildman–Crippen MR) is 58.7 cm³/mol. The van der Waals surface area contributed by atoms with Gasteiger partial charge in [0.2, 0.25) is 0 Å². The molecule has 0 radical (unpaired) electrons. The van der Waals surface area contributed by atoms with Crippen LogP contribution in [0.5, 0.6) is 0 Å². The Kier molecular flexibility index (Phi) is 2.41. The molecule has 0 spiro atoms. The van der Waals surface area contributed by atoms with Gasteiger partial charge in [0.1, 0.15) is 5.82 Å². The summed E-state index contributed by atoms with van der Waals surface area (Å²) in [4.78, 5) is 9.22. The summed E-state index contributed by atoms with van der Waals surface area (Å²) >= 11 is 0. The van der Waals surface area contributed by atoms with Crippen molar-refractivity contribution < 1.29 is 0 Å². The normalized spacial score (nSPS) is 25.2. The maximum Gasteiger partial charge on any atom is 0.145 e. The molecule has 80 valence electrons. The Morgan fingerprint density at radius 1 is 1.20 bits per heavy atom. The molecule has 2 heterocycles. The fourth-order valence-corrected chi connectivity index (χ4v) is 2.56. The lowest BCUT2D eigenvalue weighted by Gasteiger charge is -2.16. The highest BCUT2D eigenvalue weighted by molar-refractivity contribution is 5.21. The van der Waals surface area contributed by atoms with Crippen molar-refractivity contribution in [3.05, 3.63) is 23.3 Å². The number of fused-ring (bicyclic) bond motifs is 1. The first-order chi connectivity index (χ1) is 7.43. The van der Waals surface area contributed by atoms with Crippen LogP contribution < -0.4 is 5.32 Å². The van der Waals surface area contributed by atoms with Gasteiger partial charge in [-0.05, 0) is 50.6 Å². The number of rotatable bonds is 1. The van der Waals surface area contributed by atoms with Crippen LogP contribution in [0.1, 0.15) is 48.8 Å². The van der Waals surface area contributed by atoms with Gasteiger partial charge in [0.05, 0.1) is 6.04 Å². The molecule has 0 amide bonds. The second kappa shape index (κ2) is 3.89. The van der Waals surface area contributed by atoms with Gasteiger partial charge in [0.25, 0.3) is 0 Å². The van der Waals surface area contributed by atoms with Crippen molar-refractivity contribution in [2.45, 2.75) is 44.6 Å². The van der Waals surface area contributed by atoms with Gasteiger partial charge in [-0.3, -0.25) is 0 Å². The van der Waals surface area contributed by atoms with E-state index in [4.69, 9.17) is 4.98 Å². The summed E-state index contributed by atoms with van der Waals surface area (Å²) in [7, 11) is 0. The SMILES string of the molecule is c1nc(C2CCCN2)nc2c1CCCC2. The van der Waals surface area contributed by atoms with E-state index in [1.165, 1.54) is 43.4 Å². The first-order valence-corrected chi connectivity index (χ1v) is 6.01. The maximum atomic E-state index is 4.72. The molecule has 1 unspecified atom stereocenters. The van der Waals surface area contributed by atoms with Crippen molar-refractivity contribution in [2.24, 2.45) is 0 Å². The molecule has 3 rings (SSSR count). The van der Waals surface area contributed by atoms with Gasteiger partial charge in [-0.25, -0.2) is 9.97 Å². The summed E-state index contributed by atoms with van der Waals surface area (Å²) < 4.78 is 0. The zero-order valence-corrected chi connectivity index (χ0v) is 9.00. The quantitative estimate of drug-likeness (QED) is 0.756. The molecule has 15 heavy (non-hydrogen) atoms. The first-order valence-electron chi connectivity index (χ1n) is 6.01. The Balaban J connectivity index is 1.89. The molecular formula is C12H17N3. The van der Waals surface area contributed by atoms with E-state index in [0.717, 1.165) is 18.8 Å². The summed E-state index contributed by atoms with van der Waals surface area (Å²) in [5, 5.41) is 3.45. The second-order valence-corrected chi connectivity index (χ2v) is 4.56. The van der Waals surface area contributed by atoms with Crippen molar-refractivity contribution in [2.75, 3.05) is 6.54 Å². The van der Waals surface area contributed by atoms with Gasteiger partial charge in [0, 0.05) is 11.9 Å². The molecule has 1 aliphatic carbocycles. The van der Waals surface area contributed by atoms with Crippen molar-refractivity contribution in [3.63, 3.8) is 0 Å². The van der Waals surface area contributed by atoms with Crippen molar-refractivity contribution in [3.8, 4) is 0 Å². The average molecular weight is 203 g/mol. The predicted octanol–water partition coefficient (Wildman–Crippen LogP) is 1.78. The summed E-state index contributed by atoms with van der Waals surface area (Å²) in [6.45, 7) is 1.12. The van der Waals surface area contributed by atoms with Crippen LogP contribution in [0.3, 0.4) is 0 Å².